The lowest BCUT2D eigenvalue weighted by atomic mass is 9.98. The fourth-order valence-electron chi connectivity index (χ4n) is 2.49. The summed E-state index contributed by atoms with van der Waals surface area (Å²) in [4.78, 5) is 14.2. The van der Waals surface area contributed by atoms with Crippen molar-refractivity contribution < 1.29 is 9.90 Å². The minimum absolute atomic E-state index is 0.0915. The zero-order chi connectivity index (χ0) is 13.7. The van der Waals surface area contributed by atoms with Crippen LogP contribution in [0.5, 0.6) is 0 Å². The van der Waals surface area contributed by atoms with Crippen LogP contribution in [0.25, 0.3) is 0 Å². The first-order chi connectivity index (χ1) is 9.24. The van der Waals surface area contributed by atoms with Gasteiger partial charge in [-0.25, -0.2) is 0 Å². The number of benzene rings is 1. The number of nitrogens with zero attached hydrogens (tertiary/aromatic N) is 1. The molecule has 0 aliphatic carbocycles. The van der Waals surface area contributed by atoms with Crippen molar-refractivity contribution in [3.63, 3.8) is 0 Å². The maximum atomic E-state index is 12.4. The van der Waals surface area contributed by atoms with Gasteiger partial charge in [-0.3, -0.25) is 4.79 Å². The summed E-state index contributed by atoms with van der Waals surface area (Å²) in [5.41, 5.74) is 2.00. The number of thioether (sulfide) groups is 1. The number of rotatable bonds is 4. The van der Waals surface area contributed by atoms with E-state index in [0.29, 0.717) is 6.54 Å². The summed E-state index contributed by atoms with van der Waals surface area (Å²) in [5, 5.41) is 9.22. The first kappa shape index (κ1) is 14.4. The summed E-state index contributed by atoms with van der Waals surface area (Å²) < 4.78 is 0. The van der Waals surface area contributed by atoms with Gasteiger partial charge in [0.15, 0.2) is 0 Å². The van der Waals surface area contributed by atoms with Crippen LogP contribution < -0.4 is 0 Å². The topological polar surface area (TPSA) is 40.5 Å². The van der Waals surface area contributed by atoms with E-state index >= 15 is 0 Å². The SMILES string of the molecule is CSCc1ccc(C(=O)N2CCCC(CO)C2)cc1. The van der Waals surface area contributed by atoms with Crippen LogP contribution >= 0.6 is 11.8 Å². The molecule has 1 fully saturated rings. The summed E-state index contributed by atoms with van der Waals surface area (Å²) in [5.74, 6) is 1.31. The summed E-state index contributed by atoms with van der Waals surface area (Å²) >= 11 is 1.78. The molecule has 0 saturated carbocycles. The van der Waals surface area contributed by atoms with E-state index in [1.165, 1.54) is 5.56 Å². The normalized spacial score (nSPS) is 19.5. The molecule has 1 unspecified atom stereocenters. The summed E-state index contributed by atoms with van der Waals surface area (Å²) in [6, 6.07) is 7.88. The van der Waals surface area contributed by atoms with Crippen molar-refractivity contribution in [2.75, 3.05) is 26.0 Å². The van der Waals surface area contributed by atoms with Crippen LogP contribution in [0.1, 0.15) is 28.8 Å². The minimum atomic E-state index is 0.0915. The standard InChI is InChI=1S/C15H21NO2S/c1-19-11-12-4-6-14(7-5-12)15(18)16-8-2-3-13(9-16)10-17/h4-7,13,17H,2-3,8-11H2,1H3. The average molecular weight is 279 g/mol. The monoisotopic (exact) mass is 279 g/mol. The van der Waals surface area contributed by atoms with E-state index in [4.69, 9.17) is 0 Å². The van der Waals surface area contributed by atoms with Gasteiger partial charge in [0.25, 0.3) is 5.91 Å². The Kier molecular flexibility index (Phi) is 5.28. The van der Waals surface area contributed by atoms with Crippen molar-refractivity contribution in [2.45, 2.75) is 18.6 Å². The van der Waals surface area contributed by atoms with Crippen molar-refractivity contribution in [2.24, 2.45) is 5.92 Å². The highest BCUT2D eigenvalue weighted by Gasteiger charge is 2.23. The first-order valence-electron chi connectivity index (χ1n) is 6.72. The highest BCUT2D eigenvalue weighted by Crippen LogP contribution is 2.19. The average Bonchev–Trinajstić information content (AvgIpc) is 2.48. The molecule has 1 aromatic rings. The van der Waals surface area contributed by atoms with E-state index in [2.05, 4.69) is 6.26 Å². The highest BCUT2D eigenvalue weighted by molar-refractivity contribution is 7.97. The number of piperidine rings is 1. The number of amides is 1. The Morgan fingerprint density at radius 3 is 2.79 bits per heavy atom. The van der Waals surface area contributed by atoms with Crippen LogP contribution in [0, 0.1) is 5.92 Å². The number of likely N-dealkylation sites (tertiary alicyclic amines) is 1. The van der Waals surface area contributed by atoms with Crippen LogP contribution in [0.15, 0.2) is 24.3 Å². The lowest BCUT2D eigenvalue weighted by Crippen LogP contribution is -2.40. The van der Waals surface area contributed by atoms with E-state index in [9.17, 15) is 9.90 Å². The highest BCUT2D eigenvalue weighted by atomic mass is 32.2. The predicted molar refractivity (Wildman–Crippen MR) is 79.4 cm³/mol. The molecule has 0 aromatic heterocycles. The molecule has 1 atom stereocenters. The second-order valence-corrected chi connectivity index (χ2v) is 5.94. The molecular formula is C15H21NO2S. The van der Waals surface area contributed by atoms with Gasteiger partial charge in [0.2, 0.25) is 0 Å². The van der Waals surface area contributed by atoms with Crippen molar-refractivity contribution >= 4 is 17.7 Å². The Labute approximate surface area is 119 Å². The molecule has 19 heavy (non-hydrogen) atoms. The van der Waals surface area contributed by atoms with Crippen LogP contribution in [-0.2, 0) is 5.75 Å². The van der Waals surface area contributed by atoms with E-state index < -0.39 is 0 Å². The molecule has 0 spiro atoms. The Hall–Kier alpha value is -1.00. The van der Waals surface area contributed by atoms with Gasteiger partial charge in [0.1, 0.15) is 0 Å². The van der Waals surface area contributed by atoms with Crippen molar-refractivity contribution in [1.82, 2.24) is 4.90 Å². The van der Waals surface area contributed by atoms with Gasteiger partial charge in [-0.05, 0) is 42.7 Å². The third-order valence-electron chi connectivity index (χ3n) is 3.58. The molecule has 1 heterocycles. The van der Waals surface area contributed by atoms with Crippen molar-refractivity contribution in [3.8, 4) is 0 Å². The second-order valence-electron chi connectivity index (χ2n) is 5.07. The van der Waals surface area contributed by atoms with E-state index in [1.807, 2.05) is 29.2 Å². The molecule has 1 aliphatic heterocycles. The molecule has 4 heteroatoms. The van der Waals surface area contributed by atoms with Gasteiger partial charge in [-0.15, -0.1) is 0 Å². The molecule has 104 valence electrons. The molecule has 1 amide bonds. The second kappa shape index (κ2) is 6.96. The minimum Gasteiger partial charge on any atom is -0.396 e. The number of aliphatic hydroxyl groups is 1. The van der Waals surface area contributed by atoms with Crippen LogP contribution in [-0.4, -0.2) is 41.9 Å². The van der Waals surface area contributed by atoms with Gasteiger partial charge in [-0.2, -0.15) is 11.8 Å². The fraction of sp³-hybridized carbons (Fsp3) is 0.533. The number of hydrogen-bond donors (Lipinski definition) is 1. The lowest BCUT2D eigenvalue weighted by Gasteiger charge is -2.31. The first-order valence-corrected chi connectivity index (χ1v) is 8.12. The number of hydrogen-bond acceptors (Lipinski definition) is 3. The third kappa shape index (κ3) is 3.74. The van der Waals surface area contributed by atoms with Gasteiger partial charge in [-0.1, -0.05) is 12.1 Å². The quantitative estimate of drug-likeness (QED) is 0.920. The molecular weight excluding hydrogens is 258 g/mol. The molecule has 1 aliphatic rings. The summed E-state index contributed by atoms with van der Waals surface area (Å²) in [6.45, 7) is 1.67. The van der Waals surface area contributed by atoms with Gasteiger partial charge in [0.05, 0.1) is 0 Å². The molecule has 3 nitrogen and oxygen atoms in total. The van der Waals surface area contributed by atoms with Gasteiger partial charge in [0, 0.05) is 31.0 Å². The smallest absolute Gasteiger partial charge is 0.253 e. The lowest BCUT2D eigenvalue weighted by molar-refractivity contribution is 0.0620. The summed E-state index contributed by atoms with van der Waals surface area (Å²) in [7, 11) is 0. The molecule has 0 radical (unpaired) electrons. The fourth-order valence-corrected chi connectivity index (χ4v) is 3.02. The Bertz CT molecular complexity index is 419. The molecule has 2 rings (SSSR count). The predicted octanol–water partition coefficient (Wildman–Crippen LogP) is 2.39. The number of carbonyl (C=O) groups excluding carboxylic acids is 1. The van der Waals surface area contributed by atoms with Gasteiger partial charge >= 0.3 is 0 Å². The molecule has 0 bridgehead atoms. The Balaban J connectivity index is 2.02. The largest absolute Gasteiger partial charge is 0.396 e. The number of carbonyl (C=O) groups is 1. The van der Waals surface area contributed by atoms with E-state index in [-0.39, 0.29) is 18.4 Å². The molecule has 1 saturated heterocycles. The van der Waals surface area contributed by atoms with Crippen LogP contribution in [0.3, 0.4) is 0 Å². The molecule has 1 N–H and O–H groups in total. The number of aliphatic hydroxyl groups excluding tert-OH is 1. The maximum Gasteiger partial charge on any atom is 0.253 e. The van der Waals surface area contributed by atoms with Crippen LogP contribution in [0.2, 0.25) is 0 Å². The zero-order valence-corrected chi connectivity index (χ0v) is 12.2. The van der Waals surface area contributed by atoms with Crippen molar-refractivity contribution in [1.29, 1.82) is 0 Å². The van der Waals surface area contributed by atoms with E-state index in [1.54, 1.807) is 11.8 Å². The zero-order valence-electron chi connectivity index (χ0n) is 11.3. The van der Waals surface area contributed by atoms with Crippen LogP contribution in [0.4, 0.5) is 0 Å². The maximum absolute atomic E-state index is 12.4. The third-order valence-corrected chi connectivity index (χ3v) is 4.20. The van der Waals surface area contributed by atoms with Crippen molar-refractivity contribution in [3.05, 3.63) is 35.4 Å². The Morgan fingerprint density at radius 1 is 1.42 bits per heavy atom. The molecule has 1 aromatic carbocycles. The van der Waals surface area contributed by atoms with Gasteiger partial charge < -0.3 is 10.0 Å². The van der Waals surface area contributed by atoms with E-state index in [0.717, 1.165) is 30.7 Å². The summed E-state index contributed by atoms with van der Waals surface area (Å²) in [6.07, 6.45) is 4.08. The Morgan fingerprint density at radius 2 is 2.16 bits per heavy atom.